The van der Waals surface area contributed by atoms with Crippen molar-refractivity contribution in [2.45, 2.75) is 13.0 Å². The molecule has 5 rings (SSSR count). The van der Waals surface area contributed by atoms with E-state index in [1.54, 1.807) is 4.68 Å². The third-order valence-electron chi connectivity index (χ3n) is 5.56. The van der Waals surface area contributed by atoms with Crippen LogP contribution >= 0.6 is 11.6 Å². The molecule has 1 aliphatic heterocycles. The maximum Gasteiger partial charge on any atom is 0.182 e. The van der Waals surface area contributed by atoms with Gasteiger partial charge in [0.2, 0.25) is 0 Å². The number of aryl methyl sites for hydroxylation is 2. The summed E-state index contributed by atoms with van der Waals surface area (Å²) in [5.74, 6) is 1.75. The number of rotatable bonds is 5. The number of piperazine rings is 1. The maximum absolute atomic E-state index is 13.0. The largest absolute Gasteiger partial charge is 0.453 e. The molecule has 10 heteroatoms. The molecular formula is C22H23ClFN7O. The number of halogens is 2. The fourth-order valence-corrected chi connectivity index (χ4v) is 4.16. The quantitative estimate of drug-likeness (QED) is 0.475. The number of nitrogens with zero attached hydrogens (tertiary/aromatic N) is 5. The lowest BCUT2D eigenvalue weighted by atomic mass is 10.2. The Morgan fingerprint density at radius 3 is 2.81 bits per heavy atom. The molecule has 1 fully saturated rings. The molecule has 8 nitrogen and oxygen atoms in total. The van der Waals surface area contributed by atoms with Crippen molar-refractivity contribution in [3.8, 4) is 22.9 Å². The summed E-state index contributed by atoms with van der Waals surface area (Å²) in [6.07, 6.45) is 3.43. The number of alkyl halides is 1. The molecule has 0 saturated carbocycles. The number of anilines is 1. The van der Waals surface area contributed by atoms with Crippen molar-refractivity contribution in [3.63, 3.8) is 0 Å². The zero-order valence-electron chi connectivity index (χ0n) is 17.8. The summed E-state index contributed by atoms with van der Waals surface area (Å²) >= 11 is 6.43. The van der Waals surface area contributed by atoms with E-state index in [0.29, 0.717) is 40.1 Å². The minimum Gasteiger partial charge on any atom is -0.453 e. The standard InChI is InChI=1S/C22H23ClFN7O/c1-13-17(12-30(2)29-13)21-27-19-20(18(23)10-26-22(19)28-21)32-16-5-3-15(4-6-16)31-8-7-25-14(9-24)11-31/h3-6,10,12,14,25H,7-9,11H2,1-2H3,(H,26,27,28)/t14-/m0/s1. The van der Waals surface area contributed by atoms with Gasteiger partial charge < -0.3 is 19.9 Å². The normalized spacial score (nSPS) is 16.6. The minimum absolute atomic E-state index is 0.137. The van der Waals surface area contributed by atoms with Crippen LogP contribution in [0.1, 0.15) is 5.69 Å². The molecule has 0 amide bonds. The van der Waals surface area contributed by atoms with Gasteiger partial charge in [-0.2, -0.15) is 5.10 Å². The van der Waals surface area contributed by atoms with Crippen LogP contribution in [0.4, 0.5) is 10.1 Å². The van der Waals surface area contributed by atoms with Crippen molar-refractivity contribution in [2.24, 2.45) is 7.05 Å². The van der Waals surface area contributed by atoms with Gasteiger partial charge in [-0.3, -0.25) is 4.68 Å². The molecule has 4 heterocycles. The van der Waals surface area contributed by atoms with Gasteiger partial charge in [0, 0.05) is 38.6 Å². The summed E-state index contributed by atoms with van der Waals surface area (Å²) in [5, 5.41) is 7.93. The van der Waals surface area contributed by atoms with E-state index in [1.807, 2.05) is 44.4 Å². The molecule has 0 spiro atoms. The highest BCUT2D eigenvalue weighted by Gasteiger charge is 2.20. The number of H-pyrrole nitrogens is 1. The number of aromatic amines is 1. The van der Waals surface area contributed by atoms with Crippen LogP contribution in [0.15, 0.2) is 36.7 Å². The average molecular weight is 456 g/mol. The Kier molecular flexibility index (Phi) is 5.44. The smallest absolute Gasteiger partial charge is 0.182 e. The Hall–Kier alpha value is -3.17. The van der Waals surface area contributed by atoms with E-state index in [0.717, 1.165) is 30.0 Å². The van der Waals surface area contributed by atoms with Gasteiger partial charge in [-0.1, -0.05) is 11.6 Å². The van der Waals surface area contributed by atoms with Crippen LogP contribution in [0.2, 0.25) is 5.02 Å². The SMILES string of the molecule is Cc1nn(C)cc1-c1nc2ncc(Cl)c(Oc3ccc(N4CCN[C@@H](CF)C4)cc3)c2[nH]1. The van der Waals surface area contributed by atoms with Crippen LogP contribution in [0.25, 0.3) is 22.6 Å². The number of aromatic nitrogens is 5. The molecule has 0 aliphatic carbocycles. The number of imidazole rings is 1. The second kappa shape index (κ2) is 8.40. The third-order valence-corrected chi connectivity index (χ3v) is 5.83. The molecule has 4 aromatic rings. The Balaban J connectivity index is 1.42. The third kappa shape index (κ3) is 3.89. The van der Waals surface area contributed by atoms with Crippen LogP contribution in [0, 0.1) is 6.92 Å². The number of fused-ring (bicyclic) bond motifs is 1. The molecule has 2 N–H and O–H groups in total. The molecule has 0 radical (unpaired) electrons. The van der Waals surface area contributed by atoms with Crippen molar-refractivity contribution in [1.29, 1.82) is 0 Å². The van der Waals surface area contributed by atoms with E-state index in [-0.39, 0.29) is 12.7 Å². The van der Waals surface area contributed by atoms with Gasteiger partial charge in [-0.05, 0) is 31.2 Å². The number of pyridine rings is 1. The number of ether oxygens (including phenoxy) is 1. The lowest BCUT2D eigenvalue weighted by Crippen LogP contribution is -2.51. The highest BCUT2D eigenvalue weighted by molar-refractivity contribution is 6.32. The van der Waals surface area contributed by atoms with E-state index in [2.05, 4.69) is 30.3 Å². The van der Waals surface area contributed by atoms with Crippen molar-refractivity contribution in [3.05, 3.63) is 47.4 Å². The highest BCUT2D eigenvalue weighted by atomic mass is 35.5. The second-order valence-electron chi connectivity index (χ2n) is 7.87. The zero-order valence-corrected chi connectivity index (χ0v) is 18.5. The first-order valence-corrected chi connectivity index (χ1v) is 10.8. The fourth-order valence-electron chi connectivity index (χ4n) is 3.98. The van der Waals surface area contributed by atoms with E-state index in [9.17, 15) is 4.39 Å². The first kappa shape index (κ1) is 20.7. The lowest BCUT2D eigenvalue weighted by Gasteiger charge is -2.34. The van der Waals surface area contributed by atoms with Crippen molar-refractivity contribution >= 4 is 28.5 Å². The van der Waals surface area contributed by atoms with E-state index in [4.69, 9.17) is 16.3 Å². The average Bonchev–Trinajstić information content (AvgIpc) is 3.38. The molecule has 1 aromatic carbocycles. The van der Waals surface area contributed by atoms with E-state index >= 15 is 0 Å². The molecule has 166 valence electrons. The van der Waals surface area contributed by atoms with Crippen LogP contribution in [0.3, 0.4) is 0 Å². The van der Waals surface area contributed by atoms with Crippen LogP contribution in [-0.4, -0.2) is 57.1 Å². The van der Waals surface area contributed by atoms with Gasteiger partial charge in [0.1, 0.15) is 28.8 Å². The predicted octanol–water partition coefficient (Wildman–Crippen LogP) is 3.86. The number of benzene rings is 1. The Morgan fingerprint density at radius 2 is 2.09 bits per heavy atom. The van der Waals surface area contributed by atoms with Gasteiger partial charge >= 0.3 is 0 Å². The molecule has 0 bridgehead atoms. The fraction of sp³-hybridized carbons (Fsp3) is 0.318. The molecule has 1 aliphatic rings. The highest BCUT2D eigenvalue weighted by Crippen LogP contribution is 2.36. The minimum atomic E-state index is -0.376. The summed E-state index contributed by atoms with van der Waals surface area (Å²) in [5.41, 5.74) is 3.90. The van der Waals surface area contributed by atoms with Gasteiger partial charge in [-0.25, -0.2) is 14.4 Å². The van der Waals surface area contributed by atoms with Crippen LogP contribution in [0.5, 0.6) is 11.5 Å². The Labute approximate surface area is 189 Å². The molecule has 0 unspecified atom stereocenters. The summed E-state index contributed by atoms with van der Waals surface area (Å²) in [7, 11) is 1.87. The van der Waals surface area contributed by atoms with E-state index in [1.165, 1.54) is 6.20 Å². The van der Waals surface area contributed by atoms with Crippen LogP contribution in [-0.2, 0) is 7.05 Å². The molecule has 1 saturated heterocycles. The first-order valence-electron chi connectivity index (χ1n) is 10.4. The number of nitrogens with one attached hydrogen (secondary N) is 2. The summed E-state index contributed by atoms with van der Waals surface area (Å²) < 4.78 is 20.9. The number of hydrogen-bond donors (Lipinski definition) is 2. The monoisotopic (exact) mass is 455 g/mol. The molecular weight excluding hydrogens is 433 g/mol. The summed E-state index contributed by atoms with van der Waals surface area (Å²) in [4.78, 5) is 14.4. The number of hydrogen-bond acceptors (Lipinski definition) is 6. The van der Waals surface area contributed by atoms with Gasteiger partial charge in [0.05, 0.1) is 23.5 Å². The maximum atomic E-state index is 13.0. The summed E-state index contributed by atoms with van der Waals surface area (Å²) in [6, 6.07) is 7.57. The molecule has 3 aromatic heterocycles. The predicted molar refractivity (Wildman–Crippen MR) is 122 cm³/mol. The molecule has 32 heavy (non-hydrogen) atoms. The van der Waals surface area contributed by atoms with Crippen molar-refractivity contribution < 1.29 is 9.13 Å². The lowest BCUT2D eigenvalue weighted by molar-refractivity contribution is 0.353. The Bertz CT molecular complexity index is 1250. The summed E-state index contributed by atoms with van der Waals surface area (Å²) in [6.45, 7) is 3.78. The second-order valence-corrected chi connectivity index (χ2v) is 8.28. The van der Waals surface area contributed by atoms with Crippen LogP contribution < -0.4 is 15.0 Å². The zero-order chi connectivity index (χ0) is 22.2. The Morgan fingerprint density at radius 1 is 1.28 bits per heavy atom. The van der Waals surface area contributed by atoms with Gasteiger partial charge in [-0.15, -0.1) is 0 Å². The van der Waals surface area contributed by atoms with E-state index < -0.39 is 0 Å². The first-order chi connectivity index (χ1) is 15.5. The van der Waals surface area contributed by atoms with Gasteiger partial charge in [0.25, 0.3) is 0 Å². The molecule has 1 atom stereocenters. The van der Waals surface area contributed by atoms with Crippen molar-refractivity contribution in [1.82, 2.24) is 30.0 Å². The van der Waals surface area contributed by atoms with Crippen molar-refractivity contribution in [2.75, 3.05) is 31.2 Å². The topological polar surface area (TPSA) is 83.9 Å². The van der Waals surface area contributed by atoms with Gasteiger partial charge in [0.15, 0.2) is 11.4 Å².